The van der Waals surface area contributed by atoms with Gasteiger partial charge in [-0.1, -0.05) is 6.07 Å². The fourth-order valence-corrected chi connectivity index (χ4v) is 2.22. The van der Waals surface area contributed by atoms with E-state index < -0.39 is 20.0 Å². The van der Waals surface area contributed by atoms with Crippen molar-refractivity contribution >= 4 is 31.4 Å². The molecule has 0 amide bonds. The summed E-state index contributed by atoms with van der Waals surface area (Å²) in [6, 6.07) is 6.14. The monoisotopic (exact) mass is 278 g/mol. The maximum atomic E-state index is 11.3. The maximum Gasteiger partial charge on any atom is 0.231 e. The zero-order valence-electron chi connectivity index (χ0n) is 9.71. The minimum atomic E-state index is -3.37. The van der Waals surface area contributed by atoms with Gasteiger partial charge in [0.25, 0.3) is 0 Å². The van der Waals surface area contributed by atoms with Crippen molar-refractivity contribution in [2.24, 2.45) is 0 Å². The average molecular weight is 278 g/mol. The molecule has 0 bridgehead atoms. The Morgan fingerprint density at radius 3 is 2.18 bits per heavy atom. The third kappa shape index (κ3) is 4.23. The largest absolute Gasteiger partial charge is 0.284 e. The second-order valence-corrected chi connectivity index (χ2v) is 7.42. The summed E-state index contributed by atoms with van der Waals surface area (Å²) in [6.45, 7) is 0. The third-order valence-electron chi connectivity index (χ3n) is 2.01. The number of rotatable bonds is 4. The molecule has 1 aromatic rings. The zero-order chi connectivity index (χ0) is 13.3. The molecule has 0 atom stereocenters. The molecule has 1 aromatic carbocycles. The van der Waals surface area contributed by atoms with Crippen LogP contribution in [-0.2, 0) is 20.0 Å². The SMILES string of the molecule is CN(c1cccc(NS(C)(=O)=O)c1)S(C)(=O)=O. The van der Waals surface area contributed by atoms with E-state index >= 15 is 0 Å². The summed E-state index contributed by atoms with van der Waals surface area (Å²) in [7, 11) is -5.34. The molecule has 8 heteroatoms. The molecule has 0 radical (unpaired) electrons. The van der Waals surface area contributed by atoms with Crippen molar-refractivity contribution < 1.29 is 16.8 Å². The van der Waals surface area contributed by atoms with Crippen LogP contribution in [0.3, 0.4) is 0 Å². The smallest absolute Gasteiger partial charge is 0.231 e. The van der Waals surface area contributed by atoms with Gasteiger partial charge in [0, 0.05) is 7.05 Å². The molecule has 0 saturated carbocycles. The Balaban J connectivity index is 3.10. The van der Waals surface area contributed by atoms with Crippen molar-refractivity contribution in [1.82, 2.24) is 0 Å². The van der Waals surface area contributed by atoms with Gasteiger partial charge in [-0.15, -0.1) is 0 Å². The summed E-state index contributed by atoms with van der Waals surface area (Å²) in [5.74, 6) is 0. The van der Waals surface area contributed by atoms with Gasteiger partial charge in [-0.2, -0.15) is 0 Å². The third-order valence-corrected chi connectivity index (χ3v) is 3.82. The standard InChI is InChI=1S/C9H14N2O4S2/c1-11(17(3,14)15)9-6-4-5-8(7-9)10-16(2,12)13/h4-7,10H,1-3H3. The number of hydrogen-bond acceptors (Lipinski definition) is 4. The van der Waals surface area contributed by atoms with Gasteiger partial charge in [0.05, 0.1) is 23.9 Å². The summed E-state index contributed by atoms with van der Waals surface area (Å²) in [6.07, 6.45) is 2.10. The normalized spacial score (nSPS) is 12.2. The Hall–Kier alpha value is -1.28. The highest BCUT2D eigenvalue weighted by molar-refractivity contribution is 7.92. The molecule has 1 rings (SSSR count). The molecule has 1 N–H and O–H groups in total. The molecular weight excluding hydrogens is 264 g/mol. The van der Waals surface area contributed by atoms with Gasteiger partial charge in [-0.25, -0.2) is 16.8 Å². The fraction of sp³-hybridized carbons (Fsp3) is 0.333. The van der Waals surface area contributed by atoms with Gasteiger partial charge in [-0.3, -0.25) is 9.03 Å². The first-order valence-electron chi connectivity index (χ1n) is 4.61. The minimum Gasteiger partial charge on any atom is -0.284 e. The number of hydrogen-bond donors (Lipinski definition) is 1. The topological polar surface area (TPSA) is 83.6 Å². The summed E-state index contributed by atoms with van der Waals surface area (Å²) in [5, 5.41) is 0. The number of nitrogens with zero attached hydrogens (tertiary/aromatic N) is 1. The quantitative estimate of drug-likeness (QED) is 0.867. The van der Waals surface area contributed by atoms with Crippen LogP contribution in [0, 0.1) is 0 Å². The molecule has 0 heterocycles. The Bertz CT molecular complexity index is 608. The minimum absolute atomic E-state index is 0.320. The molecule has 0 aliphatic carbocycles. The van der Waals surface area contributed by atoms with Gasteiger partial charge >= 0.3 is 0 Å². The highest BCUT2D eigenvalue weighted by atomic mass is 32.2. The van der Waals surface area contributed by atoms with Crippen LogP contribution in [0.25, 0.3) is 0 Å². The van der Waals surface area contributed by atoms with E-state index in [4.69, 9.17) is 0 Å². The first-order chi connectivity index (χ1) is 7.59. The van der Waals surface area contributed by atoms with E-state index in [0.717, 1.165) is 16.8 Å². The van der Waals surface area contributed by atoms with E-state index in [2.05, 4.69) is 4.72 Å². The predicted molar refractivity (Wildman–Crippen MR) is 68.2 cm³/mol. The molecule has 6 nitrogen and oxygen atoms in total. The highest BCUT2D eigenvalue weighted by Crippen LogP contribution is 2.20. The van der Waals surface area contributed by atoms with E-state index in [1.54, 1.807) is 18.2 Å². The second-order valence-electron chi connectivity index (χ2n) is 3.66. The lowest BCUT2D eigenvalue weighted by molar-refractivity contribution is 0.600. The zero-order valence-corrected chi connectivity index (χ0v) is 11.3. The van der Waals surface area contributed by atoms with Crippen molar-refractivity contribution in [3.05, 3.63) is 24.3 Å². The number of nitrogens with one attached hydrogen (secondary N) is 1. The molecule has 17 heavy (non-hydrogen) atoms. The number of anilines is 2. The van der Waals surface area contributed by atoms with Crippen LogP contribution >= 0.6 is 0 Å². The van der Waals surface area contributed by atoms with Gasteiger partial charge in [-0.05, 0) is 18.2 Å². The van der Waals surface area contributed by atoms with Crippen molar-refractivity contribution in [1.29, 1.82) is 0 Å². The van der Waals surface area contributed by atoms with Crippen LogP contribution in [0.5, 0.6) is 0 Å². The first-order valence-corrected chi connectivity index (χ1v) is 8.35. The van der Waals surface area contributed by atoms with E-state index in [1.807, 2.05) is 0 Å². The van der Waals surface area contributed by atoms with Crippen molar-refractivity contribution in [3.63, 3.8) is 0 Å². The molecule has 0 spiro atoms. The van der Waals surface area contributed by atoms with Gasteiger partial charge in [0.1, 0.15) is 0 Å². The van der Waals surface area contributed by atoms with Crippen molar-refractivity contribution in [2.75, 3.05) is 28.6 Å². The summed E-state index contributed by atoms with van der Waals surface area (Å²) >= 11 is 0. The van der Waals surface area contributed by atoms with E-state index in [-0.39, 0.29) is 0 Å². The molecule has 0 fully saturated rings. The van der Waals surface area contributed by atoms with E-state index in [1.165, 1.54) is 13.1 Å². The Morgan fingerprint density at radius 2 is 1.71 bits per heavy atom. The van der Waals surface area contributed by atoms with Gasteiger partial charge in [0.15, 0.2) is 0 Å². The second kappa shape index (κ2) is 4.53. The van der Waals surface area contributed by atoms with Crippen LogP contribution in [0.4, 0.5) is 11.4 Å². The molecule has 0 saturated heterocycles. The van der Waals surface area contributed by atoms with Crippen LogP contribution in [0.2, 0.25) is 0 Å². The molecule has 0 aromatic heterocycles. The lowest BCUT2D eigenvalue weighted by Crippen LogP contribution is -2.24. The first kappa shape index (κ1) is 13.8. The number of benzene rings is 1. The lowest BCUT2D eigenvalue weighted by Gasteiger charge is -2.17. The van der Waals surface area contributed by atoms with Crippen molar-refractivity contribution in [2.45, 2.75) is 0 Å². The Labute approximate surface area is 101 Å². The lowest BCUT2D eigenvalue weighted by atomic mass is 10.3. The Morgan fingerprint density at radius 1 is 1.12 bits per heavy atom. The molecule has 96 valence electrons. The predicted octanol–water partition coefficient (Wildman–Crippen LogP) is 0.454. The Kier molecular flexibility index (Phi) is 3.68. The summed E-state index contributed by atoms with van der Waals surface area (Å²) in [5.41, 5.74) is 0.710. The van der Waals surface area contributed by atoms with Crippen LogP contribution < -0.4 is 9.03 Å². The van der Waals surface area contributed by atoms with E-state index in [9.17, 15) is 16.8 Å². The molecule has 0 aliphatic heterocycles. The molecular formula is C9H14N2O4S2. The highest BCUT2D eigenvalue weighted by Gasteiger charge is 2.12. The van der Waals surface area contributed by atoms with Crippen LogP contribution in [0.15, 0.2) is 24.3 Å². The van der Waals surface area contributed by atoms with Gasteiger partial charge < -0.3 is 0 Å². The molecule has 0 aliphatic rings. The number of sulfonamides is 2. The summed E-state index contributed by atoms with van der Waals surface area (Å²) < 4.78 is 48.1. The maximum absolute atomic E-state index is 11.3. The summed E-state index contributed by atoms with van der Waals surface area (Å²) in [4.78, 5) is 0. The fourth-order valence-electron chi connectivity index (χ4n) is 1.17. The van der Waals surface area contributed by atoms with E-state index in [0.29, 0.717) is 11.4 Å². The molecule has 0 unspecified atom stereocenters. The van der Waals surface area contributed by atoms with Gasteiger partial charge in [0.2, 0.25) is 20.0 Å². The van der Waals surface area contributed by atoms with Crippen LogP contribution in [0.1, 0.15) is 0 Å². The van der Waals surface area contributed by atoms with Crippen LogP contribution in [-0.4, -0.2) is 36.4 Å². The average Bonchev–Trinajstić information content (AvgIpc) is 2.12. The van der Waals surface area contributed by atoms with Crippen molar-refractivity contribution in [3.8, 4) is 0 Å².